The minimum atomic E-state index is -3.48. The number of rotatable bonds is 6. The summed E-state index contributed by atoms with van der Waals surface area (Å²) in [4.78, 5) is 12.3. The fraction of sp³-hybridized carbons (Fsp3) is 0.381. The first-order chi connectivity index (χ1) is 13.9. The molecule has 5 nitrogen and oxygen atoms in total. The fourth-order valence-corrected chi connectivity index (χ4v) is 4.84. The van der Waals surface area contributed by atoms with Crippen LogP contribution in [0.25, 0.3) is 0 Å². The van der Waals surface area contributed by atoms with E-state index in [1.54, 1.807) is 28.6 Å². The Balaban J connectivity index is 1.56. The number of carbonyl (C=O) groups excluding carboxylic acids is 1. The average Bonchev–Trinajstić information content (AvgIpc) is 3.00. The molecule has 2 aromatic rings. The molecule has 0 unspecified atom stereocenters. The first-order valence-corrected chi connectivity index (χ1v) is 11.1. The summed E-state index contributed by atoms with van der Waals surface area (Å²) >= 11 is 0. The molecule has 1 aliphatic rings. The summed E-state index contributed by atoms with van der Waals surface area (Å²) in [6, 6.07) is 9.62. The van der Waals surface area contributed by atoms with Gasteiger partial charge in [-0.3, -0.25) is 4.79 Å². The van der Waals surface area contributed by atoms with Crippen LogP contribution in [-0.4, -0.2) is 38.3 Å². The van der Waals surface area contributed by atoms with Gasteiger partial charge in [0.05, 0.1) is 4.90 Å². The average molecular weight is 422 g/mol. The minimum Gasteiger partial charge on any atom is -0.352 e. The fourth-order valence-electron chi connectivity index (χ4n) is 3.32. The Bertz CT molecular complexity index is 954. The van der Waals surface area contributed by atoms with Gasteiger partial charge in [0.25, 0.3) is 5.91 Å². The molecule has 1 heterocycles. The van der Waals surface area contributed by atoms with Crippen molar-refractivity contribution < 1.29 is 22.0 Å². The second kappa shape index (κ2) is 9.45. The second-order valence-electron chi connectivity index (χ2n) is 7.10. The van der Waals surface area contributed by atoms with E-state index >= 15 is 0 Å². The van der Waals surface area contributed by atoms with Gasteiger partial charge in [-0.25, -0.2) is 17.2 Å². The third-order valence-electron chi connectivity index (χ3n) is 5.01. The molecule has 0 spiro atoms. The molecule has 0 bridgehead atoms. The quantitative estimate of drug-likeness (QED) is 0.775. The smallest absolute Gasteiger partial charge is 0.251 e. The van der Waals surface area contributed by atoms with Gasteiger partial charge in [0, 0.05) is 25.2 Å². The zero-order chi connectivity index (χ0) is 20.9. The number of nitrogens with one attached hydrogen (secondary N) is 1. The van der Waals surface area contributed by atoms with Crippen LogP contribution in [0.2, 0.25) is 0 Å². The lowest BCUT2D eigenvalue weighted by Crippen LogP contribution is -2.31. The third-order valence-corrected chi connectivity index (χ3v) is 6.92. The first-order valence-electron chi connectivity index (χ1n) is 9.70. The molecule has 156 valence electrons. The van der Waals surface area contributed by atoms with Crippen LogP contribution in [0.3, 0.4) is 0 Å². The van der Waals surface area contributed by atoms with Crippen LogP contribution < -0.4 is 5.32 Å². The van der Waals surface area contributed by atoms with E-state index in [1.807, 2.05) is 0 Å². The van der Waals surface area contributed by atoms with E-state index in [9.17, 15) is 22.0 Å². The molecule has 0 aromatic heterocycles. The maximum atomic E-state index is 13.2. The molecule has 0 saturated carbocycles. The van der Waals surface area contributed by atoms with Gasteiger partial charge in [0.15, 0.2) is 11.6 Å². The first kappa shape index (κ1) is 21.4. The molecule has 1 saturated heterocycles. The lowest BCUT2D eigenvalue weighted by molar-refractivity contribution is 0.0953. The van der Waals surface area contributed by atoms with Gasteiger partial charge in [0.1, 0.15) is 0 Å². The van der Waals surface area contributed by atoms with Gasteiger partial charge in [-0.2, -0.15) is 4.31 Å². The Kier molecular flexibility index (Phi) is 6.97. The highest BCUT2D eigenvalue weighted by atomic mass is 32.2. The van der Waals surface area contributed by atoms with E-state index in [0.717, 1.165) is 43.4 Å². The van der Waals surface area contributed by atoms with Crippen molar-refractivity contribution in [1.82, 2.24) is 9.62 Å². The van der Waals surface area contributed by atoms with Gasteiger partial charge in [-0.15, -0.1) is 0 Å². The van der Waals surface area contributed by atoms with Crippen LogP contribution in [0, 0.1) is 11.6 Å². The summed E-state index contributed by atoms with van der Waals surface area (Å²) in [6.07, 6.45) is 4.37. The monoisotopic (exact) mass is 422 g/mol. The molecular formula is C21H24F2N2O3S. The van der Waals surface area contributed by atoms with Crippen LogP contribution in [0.1, 0.15) is 41.6 Å². The largest absolute Gasteiger partial charge is 0.352 e. The molecular weight excluding hydrogens is 398 g/mol. The Morgan fingerprint density at radius 1 is 0.931 bits per heavy atom. The highest BCUT2D eigenvalue weighted by Gasteiger charge is 2.24. The van der Waals surface area contributed by atoms with Crippen LogP contribution in [0.15, 0.2) is 47.4 Å². The lowest BCUT2D eigenvalue weighted by atomic mass is 10.1. The van der Waals surface area contributed by atoms with Gasteiger partial charge in [-0.1, -0.05) is 25.0 Å². The van der Waals surface area contributed by atoms with E-state index in [2.05, 4.69) is 5.32 Å². The summed E-state index contributed by atoms with van der Waals surface area (Å²) < 4.78 is 53.3. The molecule has 3 rings (SSSR count). The molecule has 1 fully saturated rings. The van der Waals surface area contributed by atoms with Crippen LogP contribution >= 0.6 is 0 Å². The predicted molar refractivity (Wildman–Crippen MR) is 106 cm³/mol. The van der Waals surface area contributed by atoms with Crippen molar-refractivity contribution >= 4 is 15.9 Å². The molecule has 1 N–H and O–H groups in total. The van der Waals surface area contributed by atoms with Gasteiger partial charge >= 0.3 is 0 Å². The molecule has 2 aromatic carbocycles. The Labute approximate surface area is 169 Å². The van der Waals surface area contributed by atoms with E-state index < -0.39 is 27.6 Å². The summed E-state index contributed by atoms with van der Waals surface area (Å²) in [6.45, 7) is 1.40. The molecule has 0 atom stereocenters. The summed E-state index contributed by atoms with van der Waals surface area (Å²) in [5.74, 6) is -2.57. The Morgan fingerprint density at radius 2 is 1.59 bits per heavy atom. The molecule has 1 aliphatic heterocycles. The van der Waals surface area contributed by atoms with E-state index in [4.69, 9.17) is 0 Å². The number of halogens is 2. The normalized spacial score (nSPS) is 15.7. The molecule has 29 heavy (non-hydrogen) atoms. The zero-order valence-electron chi connectivity index (χ0n) is 16.0. The maximum Gasteiger partial charge on any atom is 0.251 e. The SMILES string of the molecule is O=C(NCCc1ccc(S(=O)(=O)N2CCCCCC2)cc1)c1ccc(F)c(F)c1. The highest BCUT2D eigenvalue weighted by Crippen LogP contribution is 2.20. The zero-order valence-corrected chi connectivity index (χ0v) is 16.9. The number of carbonyl (C=O) groups is 1. The van der Waals surface area contributed by atoms with Crippen molar-refractivity contribution in [2.24, 2.45) is 0 Å². The third kappa shape index (κ3) is 5.39. The molecule has 0 radical (unpaired) electrons. The van der Waals surface area contributed by atoms with Crippen LogP contribution in [-0.2, 0) is 16.4 Å². The van der Waals surface area contributed by atoms with Crippen molar-refractivity contribution in [3.8, 4) is 0 Å². The van der Waals surface area contributed by atoms with Crippen molar-refractivity contribution in [2.75, 3.05) is 19.6 Å². The Morgan fingerprint density at radius 3 is 2.21 bits per heavy atom. The standard InChI is InChI=1S/C21H24F2N2O3S/c22-19-10-7-17(15-20(19)23)21(26)24-12-11-16-5-8-18(9-6-16)29(27,28)25-13-3-1-2-4-14-25/h5-10,15H,1-4,11-14H2,(H,24,26). The van der Waals surface area contributed by atoms with Gasteiger partial charge < -0.3 is 5.32 Å². The number of nitrogens with zero attached hydrogens (tertiary/aromatic N) is 1. The summed E-state index contributed by atoms with van der Waals surface area (Å²) in [5, 5.41) is 2.64. The van der Waals surface area contributed by atoms with E-state index in [0.29, 0.717) is 19.5 Å². The number of benzene rings is 2. The predicted octanol–water partition coefficient (Wildman–Crippen LogP) is 3.50. The van der Waals surface area contributed by atoms with Gasteiger partial charge in [0.2, 0.25) is 10.0 Å². The van der Waals surface area contributed by atoms with Crippen molar-refractivity contribution in [3.05, 3.63) is 65.2 Å². The van der Waals surface area contributed by atoms with Crippen LogP contribution in [0.5, 0.6) is 0 Å². The highest BCUT2D eigenvalue weighted by molar-refractivity contribution is 7.89. The van der Waals surface area contributed by atoms with Crippen molar-refractivity contribution in [1.29, 1.82) is 0 Å². The molecule has 0 aliphatic carbocycles. The minimum absolute atomic E-state index is 0.0443. The number of hydrogen-bond donors (Lipinski definition) is 1. The second-order valence-corrected chi connectivity index (χ2v) is 9.03. The lowest BCUT2D eigenvalue weighted by Gasteiger charge is -2.20. The van der Waals surface area contributed by atoms with Crippen LogP contribution in [0.4, 0.5) is 8.78 Å². The number of sulfonamides is 1. The summed E-state index contributed by atoms with van der Waals surface area (Å²) in [5.41, 5.74) is 0.910. The van der Waals surface area contributed by atoms with Crippen molar-refractivity contribution in [3.63, 3.8) is 0 Å². The van der Waals surface area contributed by atoms with Crippen molar-refractivity contribution in [2.45, 2.75) is 37.0 Å². The van der Waals surface area contributed by atoms with E-state index in [-0.39, 0.29) is 17.0 Å². The van der Waals surface area contributed by atoms with Gasteiger partial charge in [-0.05, 0) is 55.2 Å². The Hall–Kier alpha value is -2.32. The number of hydrogen-bond acceptors (Lipinski definition) is 3. The summed E-state index contributed by atoms with van der Waals surface area (Å²) in [7, 11) is -3.48. The van der Waals surface area contributed by atoms with E-state index in [1.165, 1.54) is 6.07 Å². The number of amides is 1. The molecule has 1 amide bonds. The molecule has 8 heteroatoms. The topological polar surface area (TPSA) is 66.5 Å². The maximum absolute atomic E-state index is 13.2.